The molecule has 1 aromatic carbocycles. The molecule has 2 unspecified atom stereocenters. The average Bonchev–Trinajstić information content (AvgIpc) is 3.23. The van der Waals surface area contributed by atoms with Crippen LogP contribution in [-0.2, 0) is 22.7 Å². The maximum absolute atomic E-state index is 12.9. The molecule has 7 nitrogen and oxygen atoms in total. The molecule has 3 amide bonds. The second-order valence-corrected chi connectivity index (χ2v) is 9.49. The van der Waals surface area contributed by atoms with Gasteiger partial charge in [-0.05, 0) is 61.4 Å². The second-order valence-electron chi connectivity index (χ2n) is 9.49. The number of piperidine rings is 1. The molecule has 0 bridgehead atoms. The van der Waals surface area contributed by atoms with Crippen LogP contribution < -0.4 is 10.6 Å². The molecule has 30 heavy (non-hydrogen) atoms. The van der Waals surface area contributed by atoms with Crippen molar-refractivity contribution in [3.63, 3.8) is 0 Å². The van der Waals surface area contributed by atoms with Gasteiger partial charge in [-0.25, -0.2) is 0 Å². The number of fused-ring (bicyclic) bond motifs is 1. The van der Waals surface area contributed by atoms with Crippen molar-refractivity contribution in [1.82, 2.24) is 20.4 Å². The molecular formula is C23H30N4O3. The molecule has 160 valence electrons. The molecular weight excluding hydrogens is 380 g/mol. The maximum Gasteiger partial charge on any atom is 0.255 e. The first-order valence-electron chi connectivity index (χ1n) is 11.2. The van der Waals surface area contributed by atoms with E-state index in [1.165, 1.54) is 31.2 Å². The topological polar surface area (TPSA) is 81.8 Å². The summed E-state index contributed by atoms with van der Waals surface area (Å²) in [5, 5.41) is 5.92. The van der Waals surface area contributed by atoms with Gasteiger partial charge in [0.25, 0.3) is 5.91 Å². The summed E-state index contributed by atoms with van der Waals surface area (Å²) in [4.78, 5) is 40.8. The van der Waals surface area contributed by atoms with Crippen LogP contribution in [0.25, 0.3) is 0 Å². The third-order valence-electron chi connectivity index (χ3n) is 7.32. The summed E-state index contributed by atoms with van der Waals surface area (Å²) < 4.78 is 0. The minimum Gasteiger partial charge on any atom is -0.322 e. The first-order chi connectivity index (χ1) is 14.5. The number of amides is 3. The number of hydrogen-bond acceptors (Lipinski definition) is 5. The largest absolute Gasteiger partial charge is 0.322 e. The number of benzene rings is 1. The van der Waals surface area contributed by atoms with Gasteiger partial charge in [0, 0.05) is 38.2 Å². The standard InChI is InChI=1S/C23H30N4O3/c28-20-6-5-19(21(29)25-20)27-13-17-11-16(3-4-18(17)22(27)30)12-26-10-2-1-7-23(15-26)8-9-24-14-23/h3-4,11,19,24H,1-2,5-10,12-15H2,(H,25,28,29). The highest BCUT2D eigenvalue weighted by Crippen LogP contribution is 2.36. The van der Waals surface area contributed by atoms with E-state index < -0.39 is 6.04 Å². The zero-order valence-electron chi connectivity index (χ0n) is 17.4. The van der Waals surface area contributed by atoms with E-state index >= 15 is 0 Å². The summed E-state index contributed by atoms with van der Waals surface area (Å²) >= 11 is 0. The monoisotopic (exact) mass is 410 g/mol. The number of carbonyl (C=O) groups excluding carboxylic acids is 3. The van der Waals surface area contributed by atoms with E-state index in [9.17, 15) is 14.4 Å². The van der Waals surface area contributed by atoms with Gasteiger partial charge in [-0.2, -0.15) is 0 Å². The van der Waals surface area contributed by atoms with Crippen LogP contribution in [0.2, 0.25) is 0 Å². The van der Waals surface area contributed by atoms with Crippen molar-refractivity contribution in [2.24, 2.45) is 5.41 Å². The summed E-state index contributed by atoms with van der Waals surface area (Å²) in [5.41, 5.74) is 3.34. The molecule has 0 aliphatic carbocycles. The van der Waals surface area contributed by atoms with Gasteiger partial charge in [0.05, 0.1) is 0 Å². The van der Waals surface area contributed by atoms with Gasteiger partial charge in [0.1, 0.15) is 6.04 Å². The van der Waals surface area contributed by atoms with Crippen molar-refractivity contribution in [1.29, 1.82) is 0 Å². The van der Waals surface area contributed by atoms with Crippen molar-refractivity contribution in [2.75, 3.05) is 26.2 Å². The lowest BCUT2D eigenvalue weighted by atomic mass is 9.82. The van der Waals surface area contributed by atoms with Crippen LogP contribution in [-0.4, -0.2) is 59.7 Å². The minimum atomic E-state index is -0.550. The Morgan fingerprint density at radius 2 is 2.03 bits per heavy atom. The lowest BCUT2D eigenvalue weighted by Gasteiger charge is -2.32. The summed E-state index contributed by atoms with van der Waals surface area (Å²) in [7, 11) is 0. The van der Waals surface area contributed by atoms with E-state index in [4.69, 9.17) is 0 Å². The maximum atomic E-state index is 12.9. The highest BCUT2D eigenvalue weighted by Gasteiger charge is 2.39. The lowest BCUT2D eigenvalue weighted by Crippen LogP contribution is -2.52. The molecule has 0 aromatic heterocycles. The van der Waals surface area contributed by atoms with Crippen LogP contribution in [0.4, 0.5) is 0 Å². The molecule has 1 aromatic rings. The molecule has 2 N–H and O–H groups in total. The highest BCUT2D eigenvalue weighted by molar-refractivity contribution is 6.05. The Balaban J connectivity index is 1.29. The Kier molecular flexibility index (Phi) is 5.11. The second kappa shape index (κ2) is 7.78. The van der Waals surface area contributed by atoms with Gasteiger partial charge in [-0.15, -0.1) is 0 Å². The van der Waals surface area contributed by atoms with Gasteiger partial charge in [0.2, 0.25) is 11.8 Å². The summed E-state index contributed by atoms with van der Waals surface area (Å²) in [6.45, 7) is 5.87. The van der Waals surface area contributed by atoms with Crippen LogP contribution in [0.1, 0.15) is 60.0 Å². The summed E-state index contributed by atoms with van der Waals surface area (Å²) in [5.74, 6) is -0.708. The smallest absolute Gasteiger partial charge is 0.255 e. The Morgan fingerprint density at radius 3 is 2.83 bits per heavy atom. The third kappa shape index (κ3) is 3.65. The van der Waals surface area contributed by atoms with Crippen molar-refractivity contribution >= 4 is 17.7 Å². The molecule has 4 heterocycles. The third-order valence-corrected chi connectivity index (χ3v) is 7.32. The fourth-order valence-corrected chi connectivity index (χ4v) is 5.73. The van der Waals surface area contributed by atoms with Crippen LogP contribution in [0.15, 0.2) is 18.2 Å². The van der Waals surface area contributed by atoms with Gasteiger partial charge in [-0.1, -0.05) is 18.6 Å². The quantitative estimate of drug-likeness (QED) is 0.737. The summed E-state index contributed by atoms with van der Waals surface area (Å²) in [6.07, 6.45) is 5.82. The van der Waals surface area contributed by atoms with Crippen molar-refractivity contribution < 1.29 is 14.4 Å². The van der Waals surface area contributed by atoms with E-state index in [2.05, 4.69) is 27.7 Å². The van der Waals surface area contributed by atoms with E-state index in [0.29, 0.717) is 23.9 Å². The molecule has 0 radical (unpaired) electrons. The van der Waals surface area contributed by atoms with Crippen LogP contribution >= 0.6 is 0 Å². The summed E-state index contributed by atoms with van der Waals surface area (Å²) in [6, 6.07) is 5.58. The number of hydrogen-bond donors (Lipinski definition) is 2. The van der Waals surface area contributed by atoms with E-state index in [0.717, 1.165) is 38.3 Å². The zero-order valence-corrected chi connectivity index (χ0v) is 17.4. The van der Waals surface area contributed by atoms with E-state index in [1.807, 2.05) is 6.07 Å². The molecule has 0 saturated carbocycles. The first kappa shape index (κ1) is 19.7. The Labute approximate surface area is 177 Å². The molecule has 3 fully saturated rings. The van der Waals surface area contributed by atoms with E-state index in [1.54, 1.807) is 4.90 Å². The Morgan fingerprint density at radius 1 is 1.13 bits per heavy atom. The number of nitrogens with zero attached hydrogens (tertiary/aromatic N) is 2. The number of nitrogens with one attached hydrogen (secondary N) is 2. The molecule has 4 aliphatic heterocycles. The van der Waals surface area contributed by atoms with Crippen molar-refractivity contribution in [3.8, 4) is 0 Å². The fraction of sp³-hybridized carbons (Fsp3) is 0.609. The Bertz CT molecular complexity index is 877. The predicted octanol–water partition coefficient (Wildman–Crippen LogP) is 1.41. The average molecular weight is 411 g/mol. The van der Waals surface area contributed by atoms with Crippen LogP contribution in [0.3, 0.4) is 0 Å². The fourth-order valence-electron chi connectivity index (χ4n) is 5.73. The van der Waals surface area contributed by atoms with Crippen LogP contribution in [0.5, 0.6) is 0 Å². The zero-order chi connectivity index (χ0) is 20.7. The molecule has 1 spiro atoms. The molecule has 5 rings (SSSR count). The molecule has 2 atom stereocenters. The van der Waals surface area contributed by atoms with E-state index in [-0.39, 0.29) is 24.1 Å². The molecule has 4 aliphatic rings. The lowest BCUT2D eigenvalue weighted by molar-refractivity contribution is -0.136. The van der Waals surface area contributed by atoms with Gasteiger partial charge >= 0.3 is 0 Å². The SMILES string of the molecule is O=C1CCC(N2Cc3cc(CN4CCCCC5(CCNC5)C4)ccc3C2=O)C(=O)N1. The number of rotatable bonds is 3. The number of carbonyl (C=O) groups is 3. The van der Waals surface area contributed by atoms with Crippen molar-refractivity contribution in [2.45, 2.75) is 57.7 Å². The van der Waals surface area contributed by atoms with Gasteiger partial charge < -0.3 is 10.2 Å². The minimum absolute atomic E-state index is 0.100. The van der Waals surface area contributed by atoms with Crippen LogP contribution in [0, 0.1) is 5.41 Å². The molecule has 7 heteroatoms. The predicted molar refractivity (Wildman–Crippen MR) is 112 cm³/mol. The highest BCUT2D eigenvalue weighted by atomic mass is 16.2. The first-order valence-corrected chi connectivity index (χ1v) is 11.2. The van der Waals surface area contributed by atoms with Gasteiger partial charge in [-0.3, -0.25) is 24.6 Å². The van der Waals surface area contributed by atoms with Gasteiger partial charge in [0.15, 0.2) is 0 Å². The normalized spacial score (nSPS) is 29.9. The Hall–Kier alpha value is -2.25. The van der Waals surface area contributed by atoms with Crippen molar-refractivity contribution in [3.05, 3.63) is 34.9 Å². The number of imide groups is 1. The molecule has 3 saturated heterocycles. The number of likely N-dealkylation sites (tertiary alicyclic amines) is 1.